The number of carbonyl (C=O) groups is 1. The molecule has 0 saturated heterocycles. The zero-order valence-electron chi connectivity index (χ0n) is 19.4. The van der Waals surface area contributed by atoms with Crippen LogP contribution in [-0.4, -0.2) is 26.5 Å². The van der Waals surface area contributed by atoms with Crippen molar-refractivity contribution in [2.75, 3.05) is 17.1 Å². The number of carbonyl (C=O) groups excluding carboxylic acids is 1. The number of methoxy groups -OCH3 is 1. The molecule has 3 rings (SSSR count). The number of rotatable bonds is 6. The number of ether oxygens (including phenoxy) is 1. The topological polar surface area (TPSA) is 96.5 Å². The summed E-state index contributed by atoms with van der Waals surface area (Å²) in [5.41, 5.74) is 2.57. The highest BCUT2D eigenvalue weighted by molar-refractivity contribution is 7.92. The van der Waals surface area contributed by atoms with Gasteiger partial charge in [-0.25, -0.2) is 8.42 Å². The van der Waals surface area contributed by atoms with E-state index >= 15 is 0 Å². The van der Waals surface area contributed by atoms with Crippen LogP contribution in [0.15, 0.2) is 77.7 Å². The standard InChI is InChI=1S/C25H27N3O4S2/c1-25(2,3)18-7-5-17(6-8-18)23(29)27-24(33)26-19-11-15-22(16-12-19)34(30,31)28-20-9-13-21(32-4)14-10-20/h5-16,28H,1-4H3,(H2,26,27,29,33). The maximum atomic E-state index is 12.6. The number of benzene rings is 3. The molecule has 0 radical (unpaired) electrons. The maximum Gasteiger partial charge on any atom is 0.261 e. The van der Waals surface area contributed by atoms with Gasteiger partial charge in [0.05, 0.1) is 12.0 Å². The fourth-order valence-corrected chi connectivity index (χ4v) is 4.32. The molecule has 0 saturated carbocycles. The van der Waals surface area contributed by atoms with Crippen molar-refractivity contribution >= 4 is 44.6 Å². The van der Waals surface area contributed by atoms with Crippen molar-refractivity contribution in [2.45, 2.75) is 31.1 Å². The number of anilines is 2. The lowest BCUT2D eigenvalue weighted by Crippen LogP contribution is -2.34. The summed E-state index contributed by atoms with van der Waals surface area (Å²) in [6.07, 6.45) is 0. The molecule has 0 aromatic heterocycles. The van der Waals surface area contributed by atoms with E-state index in [9.17, 15) is 13.2 Å². The van der Waals surface area contributed by atoms with Gasteiger partial charge in [-0.2, -0.15) is 0 Å². The van der Waals surface area contributed by atoms with E-state index in [4.69, 9.17) is 17.0 Å². The molecule has 0 fully saturated rings. The Hall–Kier alpha value is -3.43. The first kappa shape index (κ1) is 25.2. The Labute approximate surface area is 205 Å². The van der Waals surface area contributed by atoms with E-state index < -0.39 is 10.0 Å². The molecule has 0 aliphatic carbocycles. The molecule has 0 spiro atoms. The lowest BCUT2D eigenvalue weighted by atomic mass is 9.87. The van der Waals surface area contributed by atoms with Crippen molar-refractivity contribution in [3.63, 3.8) is 0 Å². The Morgan fingerprint density at radius 3 is 1.94 bits per heavy atom. The number of amides is 1. The van der Waals surface area contributed by atoms with Crippen LogP contribution < -0.4 is 20.1 Å². The highest BCUT2D eigenvalue weighted by Gasteiger charge is 2.16. The van der Waals surface area contributed by atoms with Crippen molar-refractivity contribution in [1.82, 2.24) is 5.32 Å². The minimum atomic E-state index is -3.77. The fourth-order valence-electron chi connectivity index (χ4n) is 3.05. The fraction of sp³-hybridized carbons (Fsp3) is 0.200. The van der Waals surface area contributed by atoms with E-state index in [0.29, 0.717) is 22.7 Å². The molecule has 0 bridgehead atoms. The molecule has 0 heterocycles. The number of nitrogens with one attached hydrogen (secondary N) is 3. The van der Waals surface area contributed by atoms with Crippen LogP contribution in [-0.2, 0) is 15.4 Å². The molecular weight excluding hydrogens is 470 g/mol. The first-order chi connectivity index (χ1) is 16.0. The summed E-state index contributed by atoms with van der Waals surface area (Å²) in [4.78, 5) is 12.6. The van der Waals surface area contributed by atoms with Gasteiger partial charge in [0.15, 0.2) is 5.11 Å². The van der Waals surface area contributed by atoms with Crippen molar-refractivity contribution in [1.29, 1.82) is 0 Å². The van der Waals surface area contributed by atoms with E-state index in [1.54, 1.807) is 48.5 Å². The molecule has 0 aliphatic heterocycles. The number of hydrogen-bond acceptors (Lipinski definition) is 5. The van der Waals surface area contributed by atoms with Gasteiger partial charge in [0.1, 0.15) is 5.75 Å². The van der Waals surface area contributed by atoms with Gasteiger partial charge < -0.3 is 10.1 Å². The molecule has 0 unspecified atom stereocenters. The molecule has 178 valence electrons. The predicted octanol–water partition coefficient (Wildman–Crippen LogP) is 4.92. The van der Waals surface area contributed by atoms with Crippen LogP contribution in [0, 0.1) is 0 Å². The van der Waals surface area contributed by atoms with Gasteiger partial charge in [-0.15, -0.1) is 0 Å². The second kappa shape index (κ2) is 10.2. The van der Waals surface area contributed by atoms with E-state index in [1.807, 2.05) is 12.1 Å². The molecule has 3 aromatic carbocycles. The predicted molar refractivity (Wildman–Crippen MR) is 139 cm³/mol. The SMILES string of the molecule is COc1ccc(NS(=O)(=O)c2ccc(NC(=S)NC(=O)c3ccc(C(C)(C)C)cc3)cc2)cc1. The molecule has 0 aliphatic rings. The second-order valence-corrected chi connectivity index (χ2v) is 10.7. The first-order valence-corrected chi connectivity index (χ1v) is 12.4. The van der Waals surface area contributed by atoms with Crippen molar-refractivity contribution < 1.29 is 17.9 Å². The second-order valence-electron chi connectivity index (χ2n) is 8.59. The summed E-state index contributed by atoms with van der Waals surface area (Å²) >= 11 is 5.23. The normalized spacial score (nSPS) is 11.4. The molecule has 3 N–H and O–H groups in total. The van der Waals surface area contributed by atoms with E-state index in [1.165, 1.54) is 19.2 Å². The van der Waals surface area contributed by atoms with Crippen molar-refractivity contribution in [3.8, 4) is 5.75 Å². The van der Waals surface area contributed by atoms with Crippen LogP contribution >= 0.6 is 12.2 Å². The van der Waals surface area contributed by atoms with E-state index in [2.05, 4.69) is 36.1 Å². The molecule has 9 heteroatoms. The monoisotopic (exact) mass is 497 g/mol. The molecule has 1 amide bonds. The Kier molecular flexibility index (Phi) is 7.58. The third-order valence-corrected chi connectivity index (χ3v) is 6.61. The molecule has 34 heavy (non-hydrogen) atoms. The molecule has 7 nitrogen and oxygen atoms in total. The Morgan fingerprint density at radius 1 is 0.853 bits per heavy atom. The summed E-state index contributed by atoms with van der Waals surface area (Å²) in [5, 5.41) is 5.63. The minimum absolute atomic E-state index is 0.00430. The quantitative estimate of drug-likeness (QED) is 0.418. The molecular formula is C25H27N3O4S2. The van der Waals surface area contributed by atoms with Crippen molar-refractivity contribution in [3.05, 3.63) is 83.9 Å². The molecule has 3 aromatic rings. The number of hydrogen-bond donors (Lipinski definition) is 3. The summed E-state index contributed by atoms with van der Waals surface area (Å²) < 4.78 is 32.9. The summed E-state index contributed by atoms with van der Waals surface area (Å²) in [6, 6.07) is 20.0. The van der Waals surface area contributed by atoms with Crippen LogP contribution in [0.3, 0.4) is 0 Å². The van der Waals surface area contributed by atoms with Crippen molar-refractivity contribution in [2.24, 2.45) is 0 Å². The first-order valence-electron chi connectivity index (χ1n) is 10.5. The van der Waals surface area contributed by atoms with Crippen LogP contribution in [0.25, 0.3) is 0 Å². The average molecular weight is 498 g/mol. The van der Waals surface area contributed by atoms with Gasteiger partial charge in [0.25, 0.3) is 15.9 Å². The molecule has 0 atom stereocenters. The number of thiocarbonyl (C=S) groups is 1. The zero-order valence-corrected chi connectivity index (χ0v) is 21.0. The Bertz CT molecular complexity index is 1260. The summed E-state index contributed by atoms with van der Waals surface area (Å²) in [6.45, 7) is 6.31. The van der Waals surface area contributed by atoms with E-state index in [-0.39, 0.29) is 21.3 Å². The van der Waals surface area contributed by atoms with Gasteiger partial charge in [0.2, 0.25) is 0 Å². The summed E-state index contributed by atoms with van der Waals surface area (Å²) in [7, 11) is -2.23. The Morgan fingerprint density at radius 2 is 1.41 bits per heavy atom. The maximum absolute atomic E-state index is 12.6. The van der Waals surface area contributed by atoms with Gasteiger partial charge in [-0.3, -0.25) is 14.8 Å². The van der Waals surface area contributed by atoms with Gasteiger partial charge in [-0.1, -0.05) is 32.9 Å². The highest BCUT2D eigenvalue weighted by atomic mass is 32.2. The van der Waals surface area contributed by atoms with Gasteiger partial charge >= 0.3 is 0 Å². The minimum Gasteiger partial charge on any atom is -0.497 e. The zero-order chi connectivity index (χ0) is 24.9. The van der Waals surface area contributed by atoms with Crippen LogP contribution in [0.4, 0.5) is 11.4 Å². The van der Waals surface area contributed by atoms with Gasteiger partial charge in [0, 0.05) is 16.9 Å². The van der Waals surface area contributed by atoms with Crippen LogP contribution in [0.1, 0.15) is 36.7 Å². The lowest BCUT2D eigenvalue weighted by Gasteiger charge is -2.19. The lowest BCUT2D eigenvalue weighted by molar-refractivity contribution is 0.0977. The van der Waals surface area contributed by atoms with Crippen LogP contribution in [0.5, 0.6) is 5.75 Å². The van der Waals surface area contributed by atoms with Crippen LogP contribution in [0.2, 0.25) is 0 Å². The smallest absolute Gasteiger partial charge is 0.261 e. The van der Waals surface area contributed by atoms with E-state index in [0.717, 1.165) is 5.56 Å². The Balaban J connectivity index is 1.60. The largest absolute Gasteiger partial charge is 0.497 e. The third kappa shape index (κ3) is 6.55. The third-order valence-electron chi connectivity index (χ3n) is 5.00. The number of sulfonamides is 1. The van der Waals surface area contributed by atoms with Gasteiger partial charge in [-0.05, 0) is 83.9 Å². The average Bonchev–Trinajstić information content (AvgIpc) is 2.79. The summed E-state index contributed by atoms with van der Waals surface area (Å²) in [5.74, 6) is 0.296. The highest BCUT2D eigenvalue weighted by Crippen LogP contribution is 2.23.